The molecule has 0 heterocycles. The van der Waals surface area contributed by atoms with E-state index in [-0.39, 0.29) is 18.5 Å². The zero-order valence-electron chi connectivity index (χ0n) is 9.87. The van der Waals surface area contributed by atoms with Crippen molar-refractivity contribution >= 4 is 0 Å². The van der Waals surface area contributed by atoms with Gasteiger partial charge in [0.1, 0.15) is 12.7 Å². The predicted molar refractivity (Wildman–Crippen MR) is 62.3 cm³/mol. The Morgan fingerprint density at radius 2 is 2.24 bits per heavy atom. The van der Waals surface area contributed by atoms with Crippen LogP contribution in [-0.2, 0) is 4.74 Å². The lowest BCUT2D eigenvalue weighted by Crippen LogP contribution is -2.18. The summed E-state index contributed by atoms with van der Waals surface area (Å²) in [5, 5.41) is 8.57. The summed E-state index contributed by atoms with van der Waals surface area (Å²) in [7, 11) is 1.55. The molecule has 0 aliphatic carbocycles. The number of methoxy groups -OCH3 is 1. The number of benzene rings is 1. The van der Waals surface area contributed by atoms with Crippen LogP contribution in [0.1, 0.15) is 12.5 Å². The van der Waals surface area contributed by atoms with Crippen LogP contribution in [-0.4, -0.2) is 31.5 Å². The number of halogens is 1. The Bertz CT molecular complexity index is 420. The van der Waals surface area contributed by atoms with Crippen LogP contribution in [0.4, 0.5) is 4.39 Å². The minimum atomic E-state index is -0.442. The van der Waals surface area contributed by atoms with Crippen LogP contribution in [0.15, 0.2) is 18.2 Å². The van der Waals surface area contributed by atoms with Crippen molar-refractivity contribution < 1.29 is 19.0 Å². The lowest BCUT2D eigenvalue weighted by molar-refractivity contribution is 0.0893. The Kier molecular flexibility index (Phi) is 5.47. The van der Waals surface area contributed by atoms with E-state index in [0.717, 1.165) is 0 Å². The lowest BCUT2D eigenvalue weighted by atomic mass is 10.2. The molecule has 17 heavy (non-hydrogen) atoms. The largest absolute Gasteiger partial charge is 0.485 e. The van der Waals surface area contributed by atoms with Gasteiger partial charge in [-0.3, -0.25) is 0 Å². The molecule has 1 N–H and O–H groups in total. The van der Waals surface area contributed by atoms with Crippen molar-refractivity contribution in [2.75, 3.05) is 20.3 Å². The molecule has 92 valence electrons. The maximum Gasteiger partial charge on any atom is 0.165 e. The van der Waals surface area contributed by atoms with Crippen molar-refractivity contribution in [1.82, 2.24) is 0 Å². The molecule has 0 aromatic heterocycles. The first-order valence-electron chi connectivity index (χ1n) is 5.22. The summed E-state index contributed by atoms with van der Waals surface area (Å²) in [5.74, 6) is 4.88. The fourth-order valence-electron chi connectivity index (χ4n) is 1.30. The summed E-state index contributed by atoms with van der Waals surface area (Å²) < 4.78 is 23.7. The Labute approximate surface area is 100 Å². The number of hydrogen-bond acceptors (Lipinski definition) is 3. The lowest BCUT2D eigenvalue weighted by Gasteiger charge is -2.14. The van der Waals surface area contributed by atoms with Crippen molar-refractivity contribution in [3.05, 3.63) is 29.6 Å². The average Bonchev–Trinajstić information content (AvgIpc) is 2.30. The highest BCUT2D eigenvalue weighted by Gasteiger charge is 2.08. The van der Waals surface area contributed by atoms with Crippen molar-refractivity contribution in [3.8, 4) is 17.6 Å². The molecule has 1 atom stereocenters. The standard InChI is InChI=1S/C13H15FO3/c1-10(9-16-2)17-13-8-11(4-3-7-15)5-6-12(13)14/h5-6,8,10,15H,7,9H2,1-2H3. The molecular formula is C13H15FO3. The normalized spacial score (nSPS) is 11.5. The van der Waals surface area contributed by atoms with E-state index >= 15 is 0 Å². The van der Waals surface area contributed by atoms with Gasteiger partial charge in [0.2, 0.25) is 0 Å². The molecule has 0 amide bonds. The van der Waals surface area contributed by atoms with Crippen molar-refractivity contribution in [3.63, 3.8) is 0 Å². The quantitative estimate of drug-likeness (QED) is 0.809. The van der Waals surface area contributed by atoms with Crippen LogP contribution in [0.2, 0.25) is 0 Å². The molecule has 1 aromatic rings. The van der Waals surface area contributed by atoms with Crippen molar-refractivity contribution in [2.45, 2.75) is 13.0 Å². The fourth-order valence-corrected chi connectivity index (χ4v) is 1.30. The summed E-state index contributed by atoms with van der Waals surface area (Å²) in [6.45, 7) is 1.94. The summed E-state index contributed by atoms with van der Waals surface area (Å²) in [6, 6.07) is 4.33. The van der Waals surface area contributed by atoms with E-state index in [9.17, 15) is 4.39 Å². The maximum atomic E-state index is 13.4. The van der Waals surface area contributed by atoms with Crippen LogP contribution < -0.4 is 4.74 Å². The molecule has 1 aromatic carbocycles. The third-order valence-electron chi connectivity index (χ3n) is 1.97. The molecule has 3 nitrogen and oxygen atoms in total. The second kappa shape index (κ2) is 6.89. The van der Waals surface area contributed by atoms with Gasteiger partial charge in [0, 0.05) is 12.7 Å². The van der Waals surface area contributed by atoms with E-state index in [1.54, 1.807) is 14.0 Å². The second-order valence-electron chi connectivity index (χ2n) is 3.49. The monoisotopic (exact) mass is 238 g/mol. The highest BCUT2D eigenvalue weighted by Crippen LogP contribution is 2.19. The van der Waals surface area contributed by atoms with Gasteiger partial charge in [-0.05, 0) is 25.1 Å². The van der Waals surface area contributed by atoms with Gasteiger partial charge < -0.3 is 14.6 Å². The van der Waals surface area contributed by atoms with Gasteiger partial charge in [0.25, 0.3) is 0 Å². The molecule has 0 saturated heterocycles. The van der Waals surface area contributed by atoms with E-state index < -0.39 is 5.82 Å². The van der Waals surface area contributed by atoms with Crippen LogP contribution in [0.3, 0.4) is 0 Å². The molecule has 0 fully saturated rings. The summed E-state index contributed by atoms with van der Waals surface area (Å²) in [6.07, 6.45) is -0.240. The molecule has 1 rings (SSSR count). The molecule has 0 bridgehead atoms. The van der Waals surface area contributed by atoms with E-state index in [0.29, 0.717) is 12.2 Å². The number of hydrogen-bond donors (Lipinski definition) is 1. The third-order valence-corrected chi connectivity index (χ3v) is 1.97. The number of aliphatic hydroxyl groups is 1. The number of rotatable bonds is 4. The van der Waals surface area contributed by atoms with E-state index in [4.69, 9.17) is 14.6 Å². The summed E-state index contributed by atoms with van der Waals surface area (Å²) >= 11 is 0. The van der Waals surface area contributed by atoms with E-state index in [2.05, 4.69) is 11.8 Å². The Morgan fingerprint density at radius 1 is 1.47 bits per heavy atom. The number of aliphatic hydroxyl groups excluding tert-OH is 1. The SMILES string of the molecule is COCC(C)Oc1cc(C#CCO)ccc1F. The van der Waals surface area contributed by atoms with E-state index in [1.807, 2.05) is 0 Å². The summed E-state index contributed by atoms with van der Waals surface area (Å²) in [4.78, 5) is 0. The molecule has 0 saturated carbocycles. The first-order valence-corrected chi connectivity index (χ1v) is 5.22. The zero-order valence-corrected chi connectivity index (χ0v) is 9.87. The average molecular weight is 238 g/mol. The zero-order chi connectivity index (χ0) is 12.7. The first kappa shape index (κ1) is 13.5. The van der Waals surface area contributed by atoms with E-state index in [1.165, 1.54) is 18.2 Å². The van der Waals surface area contributed by atoms with Gasteiger partial charge in [-0.25, -0.2) is 4.39 Å². The molecule has 0 aliphatic rings. The number of ether oxygens (including phenoxy) is 2. The van der Waals surface area contributed by atoms with Gasteiger partial charge in [-0.1, -0.05) is 11.8 Å². The molecule has 0 spiro atoms. The predicted octanol–water partition coefficient (Wildman–Crippen LogP) is 1.58. The van der Waals surface area contributed by atoms with Gasteiger partial charge in [-0.2, -0.15) is 0 Å². The van der Waals surface area contributed by atoms with Crippen LogP contribution in [0.5, 0.6) is 5.75 Å². The smallest absolute Gasteiger partial charge is 0.165 e. The highest BCUT2D eigenvalue weighted by atomic mass is 19.1. The van der Waals surface area contributed by atoms with Gasteiger partial charge in [0.05, 0.1) is 6.61 Å². The minimum absolute atomic E-state index is 0.138. The van der Waals surface area contributed by atoms with Crippen molar-refractivity contribution in [1.29, 1.82) is 0 Å². The molecule has 0 aliphatic heterocycles. The Balaban J connectivity index is 2.83. The first-order chi connectivity index (χ1) is 8.17. The van der Waals surface area contributed by atoms with Crippen LogP contribution >= 0.6 is 0 Å². The molecule has 4 heteroatoms. The molecular weight excluding hydrogens is 223 g/mol. The second-order valence-corrected chi connectivity index (χ2v) is 3.49. The fraction of sp³-hybridized carbons (Fsp3) is 0.385. The maximum absolute atomic E-state index is 13.4. The van der Waals surface area contributed by atoms with Crippen LogP contribution in [0, 0.1) is 17.7 Å². The molecule has 1 unspecified atom stereocenters. The third kappa shape index (κ3) is 4.43. The van der Waals surface area contributed by atoms with Gasteiger partial charge in [0.15, 0.2) is 11.6 Å². The minimum Gasteiger partial charge on any atom is -0.485 e. The topological polar surface area (TPSA) is 38.7 Å². The Morgan fingerprint density at radius 3 is 2.88 bits per heavy atom. The summed E-state index contributed by atoms with van der Waals surface area (Å²) in [5.41, 5.74) is 0.597. The molecule has 0 radical (unpaired) electrons. The van der Waals surface area contributed by atoms with Gasteiger partial charge in [-0.15, -0.1) is 0 Å². The van der Waals surface area contributed by atoms with Crippen LogP contribution in [0.25, 0.3) is 0 Å². The van der Waals surface area contributed by atoms with Gasteiger partial charge >= 0.3 is 0 Å². The Hall–Kier alpha value is -1.57. The highest BCUT2D eigenvalue weighted by molar-refractivity contribution is 5.40. The van der Waals surface area contributed by atoms with Crippen molar-refractivity contribution in [2.24, 2.45) is 0 Å².